The van der Waals surface area contributed by atoms with Gasteiger partial charge in [-0.1, -0.05) is 54.4 Å². The Labute approximate surface area is 194 Å². The van der Waals surface area contributed by atoms with E-state index in [2.05, 4.69) is 66.1 Å². The van der Waals surface area contributed by atoms with Crippen LogP contribution in [0.15, 0.2) is 10.2 Å². The second-order valence-corrected chi connectivity index (χ2v) is 9.22. The van der Waals surface area contributed by atoms with Crippen molar-refractivity contribution in [3.63, 3.8) is 0 Å². The summed E-state index contributed by atoms with van der Waals surface area (Å²) in [4.78, 5) is 4.24. The molecule has 0 spiro atoms. The number of rotatable bonds is 9. The van der Waals surface area contributed by atoms with E-state index in [1.54, 1.807) is 4.57 Å². The largest absolute Gasteiger partial charge is 0.298 e. The first-order chi connectivity index (χ1) is 15.8. The van der Waals surface area contributed by atoms with Crippen molar-refractivity contribution in [2.75, 3.05) is 0 Å². The van der Waals surface area contributed by atoms with Crippen LogP contribution in [0.1, 0.15) is 102 Å². The Kier molecular flexibility index (Phi) is 7.27. The molecule has 3 heterocycles. The van der Waals surface area contributed by atoms with Crippen molar-refractivity contribution in [2.24, 2.45) is 10.2 Å². The lowest BCUT2D eigenvalue weighted by Crippen LogP contribution is -2.13. The lowest BCUT2D eigenvalue weighted by Gasteiger charge is -2.15. The minimum absolute atomic E-state index is 0.0571. The Morgan fingerprint density at radius 1 is 1.09 bits per heavy atom. The van der Waals surface area contributed by atoms with Crippen molar-refractivity contribution in [2.45, 2.75) is 91.5 Å². The van der Waals surface area contributed by atoms with E-state index in [0.717, 1.165) is 43.6 Å². The van der Waals surface area contributed by atoms with Crippen molar-refractivity contribution >= 4 is 17.3 Å². The zero-order valence-corrected chi connectivity index (χ0v) is 20.3. The van der Waals surface area contributed by atoms with Gasteiger partial charge in [0, 0.05) is 17.9 Å². The van der Waals surface area contributed by atoms with Crippen molar-refractivity contribution in [1.82, 2.24) is 29.4 Å². The summed E-state index contributed by atoms with van der Waals surface area (Å²) >= 11 is 0. The molecular formula is C23H32N10. The van der Waals surface area contributed by atoms with Gasteiger partial charge in [0.2, 0.25) is 0 Å². The van der Waals surface area contributed by atoms with Gasteiger partial charge in [0.15, 0.2) is 28.5 Å². The second-order valence-electron chi connectivity index (χ2n) is 9.22. The molecule has 3 aromatic rings. The Bertz CT molecular complexity index is 1220. The molecule has 0 saturated heterocycles. The topological polar surface area (TPSA) is 136 Å². The van der Waals surface area contributed by atoms with E-state index in [1.807, 2.05) is 17.5 Å². The predicted molar refractivity (Wildman–Crippen MR) is 125 cm³/mol. The fourth-order valence-corrected chi connectivity index (χ4v) is 3.90. The molecule has 1 unspecified atom stereocenters. The lowest BCUT2D eigenvalue weighted by atomic mass is 9.91. The summed E-state index contributed by atoms with van der Waals surface area (Å²) in [5.41, 5.74) is 2.05. The normalized spacial score (nSPS) is 13.0. The van der Waals surface area contributed by atoms with Crippen LogP contribution >= 0.6 is 0 Å². The molecular weight excluding hydrogens is 416 g/mol. The first kappa shape index (κ1) is 24.1. The number of hydrogen-bond donors (Lipinski definition) is 1. The molecule has 3 rings (SSSR count). The number of azo groups is 1. The summed E-state index contributed by atoms with van der Waals surface area (Å²) in [6, 6.07) is 4.04. The van der Waals surface area contributed by atoms with Gasteiger partial charge in [0.1, 0.15) is 12.1 Å². The Morgan fingerprint density at radius 3 is 2.42 bits per heavy atom. The zero-order valence-electron chi connectivity index (χ0n) is 20.3. The molecule has 3 aromatic heterocycles. The van der Waals surface area contributed by atoms with E-state index >= 15 is 0 Å². The molecule has 10 nitrogen and oxygen atoms in total. The number of imidazole rings is 1. The highest BCUT2D eigenvalue weighted by Crippen LogP contribution is 2.36. The zero-order chi connectivity index (χ0) is 24.2. The van der Waals surface area contributed by atoms with Crippen molar-refractivity contribution < 1.29 is 0 Å². The molecule has 0 radical (unpaired) electrons. The molecule has 33 heavy (non-hydrogen) atoms. The summed E-state index contributed by atoms with van der Waals surface area (Å²) in [6.07, 6.45) is 5.06. The number of nitriles is 2. The number of nitrogens with zero attached hydrogens (tertiary/aromatic N) is 9. The van der Waals surface area contributed by atoms with Gasteiger partial charge >= 0.3 is 0 Å². The SMILES string of the molecule is CCCCC(CC)c1n[nH]c2c(N=Nc3nc(C#N)c(C#N)n3CCC)c(C(C)(C)C)nn12. The predicted octanol–water partition coefficient (Wildman–Crippen LogP) is 5.80. The maximum absolute atomic E-state index is 9.49. The summed E-state index contributed by atoms with van der Waals surface area (Å²) < 4.78 is 3.49. The molecule has 0 aliphatic carbocycles. The fraction of sp³-hybridized carbons (Fsp3) is 0.609. The molecule has 1 atom stereocenters. The average molecular weight is 449 g/mol. The van der Waals surface area contributed by atoms with Crippen LogP contribution in [-0.2, 0) is 12.0 Å². The van der Waals surface area contributed by atoms with Crippen LogP contribution in [0.4, 0.5) is 11.6 Å². The number of aromatic nitrogens is 6. The number of nitrogens with one attached hydrogen (secondary N) is 1. The van der Waals surface area contributed by atoms with Crippen LogP contribution in [0.25, 0.3) is 5.65 Å². The second kappa shape index (κ2) is 9.95. The van der Waals surface area contributed by atoms with E-state index < -0.39 is 0 Å². The number of fused-ring (bicyclic) bond motifs is 1. The minimum atomic E-state index is -0.280. The Balaban J connectivity index is 2.14. The van der Waals surface area contributed by atoms with Crippen LogP contribution in [0.2, 0.25) is 0 Å². The maximum atomic E-state index is 9.49. The molecule has 0 bridgehead atoms. The van der Waals surface area contributed by atoms with Gasteiger partial charge in [0.25, 0.3) is 5.95 Å². The van der Waals surface area contributed by atoms with Crippen molar-refractivity contribution in [1.29, 1.82) is 10.5 Å². The van der Waals surface area contributed by atoms with Gasteiger partial charge in [0.05, 0.1) is 5.69 Å². The molecule has 10 heteroatoms. The van der Waals surface area contributed by atoms with E-state index in [4.69, 9.17) is 5.10 Å². The summed E-state index contributed by atoms with van der Waals surface area (Å²) in [6.45, 7) is 13.1. The van der Waals surface area contributed by atoms with Crippen molar-refractivity contribution in [3.05, 3.63) is 22.9 Å². The van der Waals surface area contributed by atoms with Crippen LogP contribution in [0.3, 0.4) is 0 Å². The number of aromatic amines is 1. The molecule has 0 aliphatic rings. The van der Waals surface area contributed by atoms with E-state index in [1.165, 1.54) is 0 Å². The van der Waals surface area contributed by atoms with Gasteiger partial charge in [-0.05, 0) is 19.3 Å². The highest BCUT2D eigenvalue weighted by atomic mass is 15.4. The average Bonchev–Trinajstić information content (AvgIpc) is 3.45. The number of unbranched alkanes of at least 4 members (excludes halogenated alkanes) is 1. The van der Waals surface area contributed by atoms with Gasteiger partial charge < -0.3 is 0 Å². The maximum Gasteiger partial charge on any atom is 0.251 e. The fourth-order valence-electron chi connectivity index (χ4n) is 3.90. The summed E-state index contributed by atoms with van der Waals surface area (Å²) in [5.74, 6) is 1.44. The lowest BCUT2D eigenvalue weighted by molar-refractivity contribution is 0.521. The van der Waals surface area contributed by atoms with Gasteiger partial charge in [-0.25, -0.2) is 0 Å². The van der Waals surface area contributed by atoms with Crippen LogP contribution in [-0.4, -0.2) is 29.4 Å². The Morgan fingerprint density at radius 2 is 1.85 bits per heavy atom. The molecule has 1 N–H and O–H groups in total. The van der Waals surface area contributed by atoms with Crippen LogP contribution in [0, 0.1) is 22.7 Å². The van der Waals surface area contributed by atoms with Gasteiger partial charge in [-0.3, -0.25) is 9.67 Å². The first-order valence-corrected chi connectivity index (χ1v) is 11.6. The molecule has 0 aliphatic heterocycles. The molecule has 174 valence electrons. The third-order valence-electron chi connectivity index (χ3n) is 5.67. The number of H-pyrrole nitrogens is 1. The van der Waals surface area contributed by atoms with Crippen molar-refractivity contribution in [3.8, 4) is 12.1 Å². The highest BCUT2D eigenvalue weighted by Gasteiger charge is 2.28. The van der Waals surface area contributed by atoms with E-state index in [0.29, 0.717) is 23.8 Å². The summed E-state index contributed by atoms with van der Waals surface area (Å²) in [7, 11) is 0. The van der Waals surface area contributed by atoms with Crippen LogP contribution < -0.4 is 0 Å². The van der Waals surface area contributed by atoms with Gasteiger partial charge in [-0.15, -0.1) is 10.2 Å². The summed E-state index contributed by atoms with van der Waals surface area (Å²) in [5, 5.41) is 40.3. The van der Waals surface area contributed by atoms with Crippen LogP contribution in [0.5, 0.6) is 0 Å². The monoisotopic (exact) mass is 448 g/mol. The smallest absolute Gasteiger partial charge is 0.251 e. The molecule has 0 fully saturated rings. The van der Waals surface area contributed by atoms with Gasteiger partial charge in [-0.2, -0.15) is 30.2 Å². The first-order valence-electron chi connectivity index (χ1n) is 11.6. The minimum Gasteiger partial charge on any atom is -0.298 e. The van der Waals surface area contributed by atoms with E-state index in [-0.39, 0.29) is 22.8 Å². The standard InChI is InChI=1S/C23H32N10/c1-7-10-11-15(9-3)20-28-29-21-18(19(23(4,5)6)31-33(20)21)27-30-22-26-16(13-24)17(14-25)32(22)12-8-2/h15,29H,7-12H2,1-6H3. The third kappa shape index (κ3) is 4.65. The molecule has 0 saturated carbocycles. The molecule has 0 aromatic carbocycles. The number of hydrogen-bond acceptors (Lipinski definition) is 7. The Hall–Kier alpha value is -3.53. The highest BCUT2D eigenvalue weighted by molar-refractivity contribution is 5.68. The third-order valence-corrected chi connectivity index (χ3v) is 5.67. The van der Waals surface area contributed by atoms with E-state index in [9.17, 15) is 10.5 Å². The quantitative estimate of drug-likeness (QED) is 0.412. The molecule has 0 amide bonds.